The average Bonchev–Trinajstić information content (AvgIpc) is 2.57. The number of carbonyl (C=O) groups is 2. The highest BCUT2D eigenvalue weighted by molar-refractivity contribution is 5.97. The maximum atomic E-state index is 12.1. The zero-order chi connectivity index (χ0) is 17.7. The van der Waals surface area contributed by atoms with Gasteiger partial charge in [0.15, 0.2) is 6.61 Å². The zero-order valence-electron chi connectivity index (χ0n) is 14.1. The van der Waals surface area contributed by atoms with Gasteiger partial charge in [0.25, 0.3) is 5.91 Å². The first-order chi connectivity index (χ1) is 11.4. The number of para-hydroxylation sites is 2. The van der Waals surface area contributed by atoms with E-state index in [9.17, 15) is 14.7 Å². The summed E-state index contributed by atoms with van der Waals surface area (Å²) >= 11 is 0. The van der Waals surface area contributed by atoms with Crippen LogP contribution in [0.1, 0.15) is 34.0 Å². The molecular formula is C19H21NO4. The second kappa shape index (κ2) is 7.64. The predicted molar refractivity (Wildman–Crippen MR) is 92.3 cm³/mol. The lowest BCUT2D eigenvalue weighted by Gasteiger charge is -2.13. The Labute approximate surface area is 141 Å². The Kier molecular flexibility index (Phi) is 5.58. The molecule has 0 saturated carbocycles. The Morgan fingerprint density at radius 2 is 1.75 bits per heavy atom. The number of phenolic OH excluding ortho intramolecular Hbond substituents is 1. The minimum Gasteiger partial charge on any atom is -0.507 e. The Morgan fingerprint density at radius 1 is 1.08 bits per heavy atom. The van der Waals surface area contributed by atoms with Crippen LogP contribution in [0.4, 0.5) is 5.69 Å². The van der Waals surface area contributed by atoms with Gasteiger partial charge in [-0.3, -0.25) is 4.79 Å². The van der Waals surface area contributed by atoms with Crippen LogP contribution in [0.15, 0.2) is 36.4 Å². The molecule has 2 aromatic carbocycles. The van der Waals surface area contributed by atoms with Gasteiger partial charge in [-0.25, -0.2) is 4.79 Å². The van der Waals surface area contributed by atoms with Gasteiger partial charge < -0.3 is 15.2 Å². The smallest absolute Gasteiger partial charge is 0.342 e. The van der Waals surface area contributed by atoms with Crippen LogP contribution < -0.4 is 5.32 Å². The second-order valence-corrected chi connectivity index (χ2v) is 5.56. The van der Waals surface area contributed by atoms with Crippen molar-refractivity contribution in [2.24, 2.45) is 0 Å². The molecule has 0 unspecified atom stereocenters. The molecule has 0 aliphatic rings. The van der Waals surface area contributed by atoms with Crippen LogP contribution in [0.5, 0.6) is 5.75 Å². The van der Waals surface area contributed by atoms with Gasteiger partial charge in [-0.15, -0.1) is 0 Å². The SMILES string of the molecule is CCc1cccc(C)c1NC(=O)COC(=O)c1cccc(C)c1O. The number of esters is 1. The summed E-state index contributed by atoms with van der Waals surface area (Å²) in [6, 6.07) is 10.6. The first-order valence-electron chi connectivity index (χ1n) is 7.78. The van der Waals surface area contributed by atoms with Crippen molar-refractivity contribution < 1.29 is 19.4 Å². The molecule has 0 saturated heterocycles. The van der Waals surface area contributed by atoms with Crippen molar-refractivity contribution in [3.8, 4) is 5.75 Å². The fourth-order valence-corrected chi connectivity index (χ4v) is 2.41. The first-order valence-corrected chi connectivity index (χ1v) is 7.78. The molecule has 2 rings (SSSR count). The highest BCUT2D eigenvalue weighted by Gasteiger charge is 2.16. The average molecular weight is 327 g/mol. The summed E-state index contributed by atoms with van der Waals surface area (Å²) in [4.78, 5) is 24.1. The first kappa shape index (κ1) is 17.5. The largest absolute Gasteiger partial charge is 0.507 e. The van der Waals surface area contributed by atoms with Crippen molar-refractivity contribution in [2.45, 2.75) is 27.2 Å². The lowest BCUT2D eigenvalue weighted by molar-refractivity contribution is -0.119. The summed E-state index contributed by atoms with van der Waals surface area (Å²) in [5.74, 6) is -1.28. The Bertz CT molecular complexity index is 768. The fraction of sp³-hybridized carbons (Fsp3) is 0.263. The number of aromatic hydroxyl groups is 1. The van der Waals surface area contributed by atoms with Gasteiger partial charge in [0.2, 0.25) is 0 Å². The highest BCUT2D eigenvalue weighted by Crippen LogP contribution is 2.23. The number of anilines is 1. The van der Waals surface area contributed by atoms with Gasteiger partial charge in [0.1, 0.15) is 11.3 Å². The Hall–Kier alpha value is -2.82. The van der Waals surface area contributed by atoms with Crippen LogP contribution in [-0.2, 0) is 16.0 Å². The molecule has 0 aromatic heterocycles. The molecule has 2 aromatic rings. The van der Waals surface area contributed by atoms with Crippen molar-refractivity contribution in [1.82, 2.24) is 0 Å². The molecule has 1 amide bonds. The maximum absolute atomic E-state index is 12.1. The normalized spacial score (nSPS) is 10.3. The fourth-order valence-electron chi connectivity index (χ4n) is 2.41. The van der Waals surface area contributed by atoms with Crippen LogP contribution in [-0.4, -0.2) is 23.6 Å². The van der Waals surface area contributed by atoms with Gasteiger partial charge in [0.05, 0.1) is 0 Å². The van der Waals surface area contributed by atoms with Crippen LogP contribution in [0.2, 0.25) is 0 Å². The number of rotatable bonds is 5. The standard InChI is InChI=1S/C19H21NO4/c1-4-14-9-5-7-12(2)17(14)20-16(21)11-24-19(23)15-10-6-8-13(3)18(15)22/h5-10,22H,4,11H2,1-3H3,(H,20,21). The summed E-state index contributed by atoms with van der Waals surface area (Å²) < 4.78 is 5.00. The number of hydrogen-bond acceptors (Lipinski definition) is 4. The number of aryl methyl sites for hydroxylation is 3. The van der Waals surface area contributed by atoms with Crippen molar-refractivity contribution in [3.63, 3.8) is 0 Å². The highest BCUT2D eigenvalue weighted by atomic mass is 16.5. The van der Waals surface area contributed by atoms with Crippen LogP contribution in [0.3, 0.4) is 0 Å². The molecule has 5 heteroatoms. The summed E-state index contributed by atoms with van der Waals surface area (Å²) in [6.45, 7) is 5.18. The van der Waals surface area contributed by atoms with E-state index in [4.69, 9.17) is 4.74 Å². The van der Waals surface area contributed by atoms with Crippen LogP contribution in [0, 0.1) is 13.8 Å². The van der Waals surface area contributed by atoms with Crippen molar-refractivity contribution in [2.75, 3.05) is 11.9 Å². The van der Waals surface area contributed by atoms with Crippen LogP contribution in [0.25, 0.3) is 0 Å². The number of carbonyl (C=O) groups excluding carboxylic acids is 2. The lowest BCUT2D eigenvalue weighted by atomic mass is 10.1. The Balaban J connectivity index is 2.01. The number of nitrogens with one attached hydrogen (secondary N) is 1. The minimum absolute atomic E-state index is 0.0490. The monoisotopic (exact) mass is 327 g/mol. The molecule has 0 fully saturated rings. The van der Waals surface area contributed by atoms with Crippen LogP contribution >= 0.6 is 0 Å². The molecule has 2 N–H and O–H groups in total. The summed E-state index contributed by atoms with van der Waals surface area (Å²) in [5, 5.41) is 12.7. The molecule has 0 aliphatic carbocycles. The van der Waals surface area contributed by atoms with Crippen molar-refractivity contribution in [1.29, 1.82) is 0 Å². The molecular weight excluding hydrogens is 306 g/mol. The Morgan fingerprint density at radius 3 is 2.46 bits per heavy atom. The number of amides is 1. The van der Waals surface area contributed by atoms with Gasteiger partial charge >= 0.3 is 5.97 Å². The molecule has 0 aliphatic heterocycles. The molecule has 0 bridgehead atoms. The molecule has 5 nitrogen and oxygen atoms in total. The number of ether oxygens (including phenoxy) is 1. The van der Waals surface area contributed by atoms with Gasteiger partial charge in [-0.2, -0.15) is 0 Å². The van der Waals surface area contributed by atoms with Gasteiger partial charge in [0, 0.05) is 5.69 Å². The van der Waals surface area contributed by atoms with Crippen molar-refractivity contribution in [3.05, 3.63) is 58.7 Å². The van der Waals surface area contributed by atoms with Crippen molar-refractivity contribution >= 4 is 17.6 Å². The third kappa shape index (κ3) is 3.93. The predicted octanol–water partition coefficient (Wildman–Crippen LogP) is 3.37. The van der Waals surface area contributed by atoms with E-state index >= 15 is 0 Å². The summed E-state index contributed by atoms with van der Waals surface area (Å²) in [7, 11) is 0. The zero-order valence-corrected chi connectivity index (χ0v) is 14.1. The quantitative estimate of drug-likeness (QED) is 0.826. The van der Waals surface area contributed by atoms with Gasteiger partial charge in [-0.05, 0) is 43.0 Å². The third-order valence-electron chi connectivity index (χ3n) is 3.80. The topological polar surface area (TPSA) is 75.6 Å². The minimum atomic E-state index is -0.730. The lowest BCUT2D eigenvalue weighted by Crippen LogP contribution is -2.22. The molecule has 126 valence electrons. The third-order valence-corrected chi connectivity index (χ3v) is 3.80. The molecule has 0 heterocycles. The molecule has 24 heavy (non-hydrogen) atoms. The summed E-state index contributed by atoms with van der Waals surface area (Å²) in [6.07, 6.45) is 0.786. The van der Waals surface area contributed by atoms with E-state index in [-0.39, 0.29) is 11.3 Å². The van der Waals surface area contributed by atoms with Gasteiger partial charge in [-0.1, -0.05) is 37.3 Å². The number of benzene rings is 2. The van der Waals surface area contributed by atoms with E-state index in [1.54, 1.807) is 19.1 Å². The van der Waals surface area contributed by atoms with E-state index in [1.165, 1.54) is 6.07 Å². The number of hydrogen-bond donors (Lipinski definition) is 2. The number of phenols is 1. The molecule has 0 spiro atoms. The van der Waals surface area contributed by atoms with E-state index in [1.807, 2.05) is 32.0 Å². The molecule has 0 atom stereocenters. The second-order valence-electron chi connectivity index (χ2n) is 5.56. The maximum Gasteiger partial charge on any atom is 0.342 e. The van der Waals surface area contributed by atoms with E-state index < -0.39 is 18.5 Å². The van der Waals surface area contributed by atoms with E-state index in [2.05, 4.69) is 5.32 Å². The van der Waals surface area contributed by atoms with E-state index in [0.29, 0.717) is 5.56 Å². The van der Waals surface area contributed by atoms with E-state index in [0.717, 1.165) is 23.2 Å². The summed E-state index contributed by atoms with van der Waals surface area (Å²) in [5.41, 5.74) is 3.34. The molecule has 0 radical (unpaired) electrons.